The molecule has 1 atom stereocenters. The summed E-state index contributed by atoms with van der Waals surface area (Å²) in [4.78, 5) is 18.4. The Bertz CT molecular complexity index is 639. The molecule has 0 spiro atoms. The number of amides is 2. The van der Waals surface area contributed by atoms with Gasteiger partial charge in [-0.2, -0.15) is 4.98 Å². The Morgan fingerprint density at radius 1 is 1.29 bits per heavy atom. The van der Waals surface area contributed by atoms with Gasteiger partial charge >= 0.3 is 6.03 Å². The summed E-state index contributed by atoms with van der Waals surface area (Å²) in [6, 6.07) is 9.91. The van der Waals surface area contributed by atoms with Crippen LogP contribution in [0.15, 0.2) is 34.9 Å². The third-order valence-corrected chi connectivity index (χ3v) is 3.90. The van der Waals surface area contributed by atoms with Gasteiger partial charge in [0.05, 0.1) is 6.04 Å². The van der Waals surface area contributed by atoms with Gasteiger partial charge in [0.25, 0.3) is 0 Å². The zero-order valence-corrected chi connectivity index (χ0v) is 14.8. The summed E-state index contributed by atoms with van der Waals surface area (Å²) in [6.07, 6.45) is 1.41. The van der Waals surface area contributed by atoms with Gasteiger partial charge in [0.2, 0.25) is 5.89 Å². The van der Waals surface area contributed by atoms with Crippen LogP contribution in [-0.4, -0.2) is 34.7 Å². The predicted octanol–water partition coefficient (Wildman–Crippen LogP) is 3.53. The average Bonchev–Trinajstić information content (AvgIpc) is 3.07. The monoisotopic (exact) mass is 330 g/mol. The predicted molar refractivity (Wildman–Crippen MR) is 92.7 cm³/mol. The van der Waals surface area contributed by atoms with Gasteiger partial charge in [-0.25, -0.2) is 4.79 Å². The van der Waals surface area contributed by atoms with Crippen molar-refractivity contribution in [2.75, 3.05) is 13.6 Å². The zero-order chi connectivity index (χ0) is 17.5. The van der Waals surface area contributed by atoms with Gasteiger partial charge in [-0.15, -0.1) is 0 Å². The lowest BCUT2D eigenvalue weighted by Gasteiger charge is -2.22. The lowest BCUT2D eigenvalue weighted by molar-refractivity contribution is 0.204. The molecule has 1 aromatic carbocycles. The summed E-state index contributed by atoms with van der Waals surface area (Å²) < 4.78 is 5.18. The van der Waals surface area contributed by atoms with Crippen molar-refractivity contribution in [1.29, 1.82) is 0 Å². The molecule has 2 rings (SSSR count). The molecular weight excluding hydrogens is 304 g/mol. The molecule has 2 amide bonds. The van der Waals surface area contributed by atoms with Gasteiger partial charge in [-0.05, 0) is 12.0 Å². The van der Waals surface area contributed by atoms with E-state index in [0.29, 0.717) is 24.7 Å². The highest BCUT2D eigenvalue weighted by molar-refractivity contribution is 5.74. The highest BCUT2D eigenvalue weighted by Gasteiger charge is 2.16. The number of hydrogen-bond donors (Lipinski definition) is 1. The van der Waals surface area contributed by atoms with E-state index < -0.39 is 0 Å². The Balaban J connectivity index is 1.87. The van der Waals surface area contributed by atoms with Gasteiger partial charge in [-0.1, -0.05) is 56.3 Å². The highest BCUT2D eigenvalue weighted by atomic mass is 16.5. The van der Waals surface area contributed by atoms with Crippen LogP contribution in [-0.2, 0) is 6.42 Å². The molecule has 0 aliphatic rings. The minimum atomic E-state index is -0.0988. The first kappa shape index (κ1) is 18.0. The summed E-state index contributed by atoms with van der Waals surface area (Å²) in [6.45, 7) is 6.61. The van der Waals surface area contributed by atoms with Crippen LogP contribution < -0.4 is 5.32 Å². The first-order valence-corrected chi connectivity index (χ1v) is 8.40. The van der Waals surface area contributed by atoms with E-state index in [1.165, 1.54) is 0 Å². The van der Waals surface area contributed by atoms with Gasteiger partial charge < -0.3 is 14.7 Å². The Morgan fingerprint density at radius 3 is 2.58 bits per heavy atom. The summed E-state index contributed by atoms with van der Waals surface area (Å²) >= 11 is 0. The molecule has 130 valence electrons. The molecule has 24 heavy (non-hydrogen) atoms. The fourth-order valence-electron chi connectivity index (χ4n) is 2.34. The van der Waals surface area contributed by atoms with Crippen molar-refractivity contribution >= 4 is 6.03 Å². The SMILES string of the molecule is CCC(NC(=O)N(C)CCc1noc(C(C)C)n1)c1ccccc1. The molecular formula is C18H26N4O2. The molecule has 0 bridgehead atoms. The van der Waals surface area contributed by atoms with E-state index in [4.69, 9.17) is 4.52 Å². The van der Waals surface area contributed by atoms with Crippen LogP contribution in [0, 0.1) is 0 Å². The minimum Gasteiger partial charge on any atom is -0.339 e. The van der Waals surface area contributed by atoms with Crippen molar-refractivity contribution in [2.24, 2.45) is 0 Å². The largest absolute Gasteiger partial charge is 0.339 e. The molecule has 2 aromatic rings. The van der Waals surface area contributed by atoms with Crippen molar-refractivity contribution in [3.63, 3.8) is 0 Å². The number of carbonyl (C=O) groups excluding carboxylic acids is 1. The number of rotatable bonds is 7. The molecule has 0 aliphatic heterocycles. The van der Waals surface area contributed by atoms with E-state index in [-0.39, 0.29) is 18.0 Å². The smallest absolute Gasteiger partial charge is 0.317 e. The molecule has 0 aliphatic carbocycles. The van der Waals surface area contributed by atoms with Gasteiger partial charge in [0.1, 0.15) is 0 Å². The first-order chi connectivity index (χ1) is 11.5. The molecule has 0 saturated heterocycles. The van der Waals surface area contributed by atoms with E-state index in [0.717, 1.165) is 12.0 Å². The van der Waals surface area contributed by atoms with E-state index in [1.54, 1.807) is 11.9 Å². The quantitative estimate of drug-likeness (QED) is 0.843. The molecule has 6 nitrogen and oxygen atoms in total. The van der Waals surface area contributed by atoms with E-state index in [2.05, 4.69) is 22.4 Å². The number of nitrogens with one attached hydrogen (secondary N) is 1. The number of hydrogen-bond acceptors (Lipinski definition) is 4. The number of benzene rings is 1. The maximum absolute atomic E-state index is 12.4. The van der Waals surface area contributed by atoms with Gasteiger partial charge in [0, 0.05) is 25.9 Å². The summed E-state index contributed by atoms with van der Waals surface area (Å²) in [7, 11) is 1.77. The van der Waals surface area contributed by atoms with Gasteiger partial charge in [0.15, 0.2) is 5.82 Å². The Morgan fingerprint density at radius 2 is 2.00 bits per heavy atom. The molecule has 0 fully saturated rings. The van der Waals surface area contributed by atoms with Crippen molar-refractivity contribution in [2.45, 2.75) is 45.6 Å². The van der Waals surface area contributed by atoms with E-state index in [1.807, 2.05) is 44.2 Å². The fourth-order valence-corrected chi connectivity index (χ4v) is 2.34. The number of urea groups is 1. The second kappa shape index (κ2) is 8.47. The normalized spacial score (nSPS) is 12.2. The second-order valence-electron chi connectivity index (χ2n) is 6.20. The van der Waals surface area contributed by atoms with Crippen molar-refractivity contribution in [1.82, 2.24) is 20.4 Å². The Kier molecular flexibility index (Phi) is 6.35. The first-order valence-electron chi connectivity index (χ1n) is 8.40. The van der Waals surface area contributed by atoms with Crippen molar-refractivity contribution in [3.05, 3.63) is 47.6 Å². The van der Waals surface area contributed by atoms with Crippen molar-refractivity contribution in [3.8, 4) is 0 Å². The minimum absolute atomic E-state index is 0.0128. The number of aromatic nitrogens is 2. The third-order valence-electron chi connectivity index (χ3n) is 3.90. The number of nitrogens with zero attached hydrogens (tertiary/aromatic N) is 3. The summed E-state index contributed by atoms with van der Waals surface area (Å²) in [5, 5.41) is 7.01. The Labute approximate surface area is 143 Å². The van der Waals surface area contributed by atoms with Crippen LogP contribution in [0.25, 0.3) is 0 Å². The molecule has 1 N–H and O–H groups in total. The maximum Gasteiger partial charge on any atom is 0.317 e. The average molecular weight is 330 g/mol. The summed E-state index contributed by atoms with van der Waals surface area (Å²) in [5.74, 6) is 1.48. The topological polar surface area (TPSA) is 71.3 Å². The van der Waals surface area contributed by atoms with E-state index >= 15 is 0 Å². The molecule has 1 aromatic heterocycles. The number of likely N-dealkylation sites (N-methyl/N-ethyl adjacent to an activating group) is 1. The fraction of sp³-hybridized carbons (Fsp3) is 0.500. The van der Waals surface area contributed by atoms with Crippen LogP contribution in [0.5, 0.6) is 0 Å². The molecule has 0 saturated carbocycles. The van der Waals surface area contributed by atoms with E-state index in [9.17, 15) is 4.79 Å². The molecule has 1 heterocycles. The summed E-state index contributed by atoms with van der Waals surface area (Å²) in [5.41, 5.74) is 1.11. The van der Waals surface area contributed by atoms with Crippen LogP contribution in [0.3, 0.4) is 0 Å². The molecule has 6 heteroatoms. The molecule has 0 radical (unpaired) electrons. The van der Waals surface area contributed by atoms with Crippen molar-refractivity contribution < 1.29 is 9.32 Å². The Hall–Kier alpha value is -2.37. The van der Waals surface area contributed by atoms with Crippen LogP contribution >= 0.6 is 0 Å². The maximum atomic E-state index is 12.4. The lowest BCUT2D eigenvalue weighted by Crippen LogP contribution is -2.40. The number of carbonyl (C=O) groups is 1. The zero-order valence-electron chi connectivity index (χ0n) is 14.8. The lowest BCUT2D eigenvalue weighted by atomic mass is 10.1. The standard InChI is InChI=1S/C18H26N4O2/c1-5-15(14-9-7-6-8-10-14)19-18(23)22(4)12-11-16-20-17(13(2)3)24-21-16/h6-10,13,15H,5,11-12H2,1-4H3,(H,19,23). The van der Waals surface area contributed by atoms with Crippen LogP contribution in [0.2, 0.25) is 0 Å². The highest BCUT2D eigenvalue weighted by Crippen LogP contribution is 2.16. The third kappa shape index (κ3) is 4.81. The van der Waals surface area contributed by atoms with Crippen LogP contribution in [0.4, 0.5) is 4.79 Å². The van der Waals surface area contributed by atoms with Gasteiger partial charge in [-0.3, -0.25) is 0 Å². The molecule has 1 unspecified atom stereocenters. The second-order valence-corrected chi connectivity index (χ2v) is 6.20. The van der Waals surface area contributed by atoms with Crippen LogP contribution in [0.1, 0.15) is 56.4 Å².